The average molecular weight is 246 g/mol. The second-order valence-electron chi connectivity index (χ2n) is 5.16. The van der Waals surface area contributed by atoms with Gasteiger partial charge in [-0.3, -0.25) is 4.79 Å². The van der Waals surface area contributed by atoms with Crippen LogP contribution < -0.4 is 0 Å². The smallest absolute Gasteiger partial charge is 0.168 e. The SMILES string of the molecule is CCOC1(C(=O)Cc2ccccc2C)CCCC1. The van der Waals surface area contributed by atoms with E-state index in [0.29, 0.717) is 13.0 Å². The van der Waals surface area contributed by atoms with Gasteiger partial charge in [0.05, 0.1) is 0 Å². The molecule has 0 heterocycles. The third-order valence-corrected chi connectivity index (χ3v) is 3.95. The second-order valence-corrected chi connectivity index (χ2v) is 5.16. The molecule has 0 amide bonds. The maximum atomic E-state index is 12.6. The van der Waals surface area contributed by atoms with Crippen molar-refractivity contribution in [2.75, 3.05) is 6.61 Å². The predicted molar refractivity (Wildman–Crippen MR) is 72.7 cm³/mol. The van der Waals surface area contributed by atoms with Gasteiger partial charge in [0.25, 0.3) is 0 Å². The Morgan fingerprint density at radius 2 is 1.94 bits per heavy atom. The third kappa shape index (κ3) is 2.64. The predicted octanol–water partition coefficient (Wildman–Crippen LogP) is 3.46. The van der Waals surface area contributed by atoms with E-state index in [9.17, 15) is 4.79 Å². The molecule has 1 aliphatic rings. The summed E-state index contributed by atoms with van der Waals surface area (Å²) in [6.45, 7) is 4.66. The van der Waals surface area contributed by atoms with Crippen molar-refractivity contribution in [1.82, 2.24) is 0 Å². The molecule has 98 valence electrons. The number of carbonyl (C=O) groups excluding carboxylic acids is 1. The summed E-state index contributed by atoms with van der Waals surface area (Å²) >= 11 is 0. The standard InChI is InChI=1S/C16H22O2/c1-3-18-16(10-6-7-11-16)15(17)12-14-9-5-4-8-13(14)2/h4-5,8-9H,3,6-7,10-12H2,1-2H3. The van der Waals surface area contributed by atoms with E-state index in [-0.39, 0.29) is 5.78 Å². The van der Waals surface area contributed by atoms with Gasteiger partial charge in [0.15, 0.2) is 5.78 Å². The fourth-order valence-electron chi connectivity index (χ4n) is 2.87. The van der Waals surface area contributed by atoms with Crippen molar-refractivity contribution in [3.05, 3.63) is 35.4 Å². The zero-order valence-electron chi connectivity index (χ0n) is 11.4. The van der Waals surface area contributed by atoms with Crippen LogP contribution in [0.1, 0.15) is 43.7 Å². The molecular weight excluding hydrogens is 224 g/mol. The first-order chi connectivity index (χ1) is 8.68. The quantitative estimate of drug-likeness (QED) is 0.795. The minimum absolute atomic E-state index is 0.260. The molecule has 1 aromatic carbocycles. The molecule has 18 heavy (non-hydrogen) atoms. The van der Waals surface area contributed by atoms with Gasteiger partial charge in [-0.05, 0) is 50.7 Å². The maximum absolute atomic E-state index is 12.6. The number of hydrogen-bond acceptors (Lipinski definition) is 2. The molecule has 1 aromatic rings. The first-order valence-corrected chi connectivity index (χ1v) is 6.90. The number of aryl methyl sites for hydroxylation is 1. The fourth-order valence-corrected chi connectivity index (χ4v) is 2.87. The van der Waals surface area contributed by atoms with E-state index in [1.807, 2.05) is 25.1 Å². The largest absolute Gasteiger partial charge is 0.367 e. The minimum atomic E-state index is -0.489. The number of rotatable bonds is 5. The lowest BCUT2D eigenvalue weighted by molar-refractivity contribution is -0.142. The van der Waals surface area contributed by atoms with E-state index < -0.39 is 5.60 Å². The molecule has 1 saturated carbocycles. The fraction of sp³-hybridized carbons (Fsp3) is 0.562. The van der Waals surface area contributed by atoms with Crippen LogP contribution in [0.4, 0.5) is 0 Å². The Kier molecular flexibility index (Phi) is 4.18. The Morgan fingerprint density at radius 1 is 1.28 bits per heavy atom. The van der Waals surface area contributed by atoms with Crippen molar-refractivity contribution in [1.29, 1.82) is 0 Å². The van der Waals surface area contributed by atoms with E-state index in [1.165, 1.54) is 5.56 Å². The van der Waals surface area contributed by atoms with Crippen LogP contribution in [0.2, 0.25) is 0 Å². The topological polar surface area (TPSA) is 26.3 Å². The summed E-state index contributed by atoms with van der Waals surface area (Å²) in [4.78, 5) is 12.6. The number of Topliss-reactive ketones (excluding diaryl/α,β-unsaturated/α-hetero) is 1. The lowest BCUT2D eigenvalue weighted by Gasteiger charge is -2.27. The molecule has 1 aliphatic carbocycles. The van der Waals surface area contributed by atoms with Gasteiger partial charge in [-0.15, -0.1) is 0 Å². The number of carbonyl (C=O) groups is 1. The second kappa shape index (κ2) is 5.66. The summed E-state index contributed by atoms with van der Waals surface area (Å²) in [7, 11) is 0. The first kappa shape index (κ1) is 13.3. The van der Waals surface area contributed by atoms with Crippen LogP contribution in [0.5, 0.6) is 0 Å². The molecule has 2 rings (SSSR count). The molecule has 2 nitrogen and oxygen atoms in total. The summed E-state index contributed by atoms with van der Waals surface area (Å²) < 4.78 is 5.81. The van der Waals surface area contributed by atoms with Crippen LogP contribution in [0.25, 0.3) is 0 Å². The van der Waals surface area contributed by atoms with Gasteiger partial charge in [0.2, 0.25) is 0 Å². The third-order valence-electron chi connectivity index (χ3n) is 3.95. The van der Waals surface area contributed by atoms with E-state index >= 15 is 0 Å². The lowest BCUT2D eigenvalue weighted by Crippen LogP contribution is -2.40. The molecule has 0 aliphatic heterocycles. The molecule has 0 atom stereocenters. The van der Waals surface area contributed by atoms with Gasteiger partial charge in [0, 0.05) is 13.0 Å². The molecule has 2 heteroatoms. The van der Waals surface area contributed by atoms with Crippen LogP contribution in [-0.2, 0) is 16.0 Å². The van der Waals surface area contributed by atoms with Gasteiger partial charge in [-0.25, -0.2) is 0 Å². The number of hydrogen-bond donors (Lipinski definition) is 0. The summed E-state index contributed by atoms with van der Waals surface area (Å²) in [5, 5.41) is 0. The first-order valence-electron chi connectivity index (χ1n) is 6.90. The summed E-state index contributed by atoms with van der Waals surface area (Å²) in [6.07, 6.45) is 4.52. The average Bonchev–Trinajstić information content (AvgIpc) is 2.82. The Hall–Kier alpha value is -1.15. The van der Waals surface area contributed by atoms with E-state index in [2.05, 4.69) is 13.0 Å². The number of benzene rings is 1. The van der Waals surface area contributed by atoms with Gasteiger partial charge in [-0.2, -0.15) is 0 Å². The highest BCUT2D eigenvalue weighted by atomic mass is 16.5. The minimum Gasteiger partial charge on any atom is -0.367 e. The molecule has 0 N–H and O–H groups in total. The molecule has 0 unspecified atom stereocenters. The maximum Gasteiger partial charge on any atom is 0.168 e. The van der Waals surface area contributed by atoms with Crippen LogP contribution in [0.3, 0.4) is 0 Å². The summed E-state index contributed by atoms with van der Waals surface area (Å²) in [5.74, 6) is 0.260. The Bertz CT molecular complexity index is 417. The van der Waals surface area contributed by atoms with Crippen LogP contribution >= 0.6 is 0 Å². The van der Waals surface area contributed by atoms with Crippen LogP contribution in [-0.4, -0.2) is 18.0 Å². The van der Waals surface area contributed by atoms with Crippen molar-refractivity contribution in [3.63, 3.8) is 0 Å². The van der Waals surface area contributed by atoms with Crippen LogP contribution in [0, 0.1) is 6.92 Å². The highest BCUT2D eigenvalue weighted by Crippen LogP contribution is 2.35. The molecule has 0 saturated heterocycles. The van der Waals surface area contributed by atoms with Crippen molar-refractivity contribution in [3.8, 4) is 0 Å². The van der Waals surface area contributed by atoms with Crippen molar-refractivity contribution in [2.24, 2.45) is 0 Å². The van der Waals surface area contributed by atoms with Gasteiger partial charge >= 0.3 is 0 Å². The normalized spacial score (nSPS) is 17.9. The van der Waals surface area contributed by atoms with Crippen molar-refractivity contribution < 1.29 is 9.53 Å². The Labute approximate surface area is 109 Å². The van der Waals surface area contributed by atoms with Crippen molar-refractivity contribution >= 4 is 5.78 Å². The number of ketones is 1. The Morgan fingerprint density at radius 3 is 2.56 bits per heavy atom. The monoisotopic (exact) mass is 246 g/mol. The molecule has 0 spiro atoms. The van der Waals surface area contributed by atoms with Crippen molar-refractivity contribution in [2.45, 2.75) is 51.6 Å². The zero-order valence-corrected chi connectivity index (χ0v) is 11.4. The lowest BCUT2D eigenvalue weighted by atomic mass is 9.90. The van der Waals surface area contributed by atoms with Gasteiger partial charge in [0.1, 0.15) is 5.60 Å². The number of ether oxygens (including phenoxy) is 1. The molecule has 0 bridgehead atoms. The highest BCUT2D eigenvalue weighted by molar-refractivity contribution is 5.89. The van der Waals surface area contributed by atoms with Crippen LogP contribution in [0.15, 0.2) is 24.3 Å². The van der Waals surface area contributed by atoms with E-state index in [4.69, 9.17) is 4.74 Å². The highest BCUT2D eigenvalue weighted by Gasteiger charge is 2.41. The Balaban J connectivity index is 2.13. The zero-order chi connectivity index (χ0) is 13.0. The molecule has 0 aromatic heterocycles. The molecule has 1 fully saturated rings. The van der Waals surface area contributed by atoms with Gasteiger partial charge in [-0.1, -0.05) is 24.3 Å². The molecule has 0 radical (unpaired) electrons. The van der Waals surface area contributed by atoms with E-state index in [0.717, 1.165) is 31.2 Å². The van der Waals surface area contributed by atoms with E-state index in [1.54, 1.807) is 0 Å². The van der Waals surface area contributed by atoms with Gasteiger partial charge < -0.3 is 4.74 Å². The summed E-state index contributed by atoms with van der Waals surface area (Å²) in [5.41, 5.74) is 1.83. The summed E-state index contributed by atoms with van der Waals surface area (Å²) in [6, 6.07) is 8.11. The molecular formula is C16H22O2.